The van der Waals surface area contributed by atoms with Gasteiger partial charge in [-0.05, 0) is 31.5 Å². The first-order valence-corrected chi connectivity index (χ1v) is 6.95. The Kier molecular flexibility index (Phi) is 4.55. The molecule has 0 bridgehead atoms. The Morgan fingerprint density at radius 1 is 1.40 bits per heavy atom. The van der Waals surface area contributed by atoms with E-state index in [9.17, 15) is 4.79 Å². The van der Waals surface area contributed by atoms with Crippen molar-refractivity contribution in [2.75, 3.05) is 18.0 Å². The lowest BCUT2D eigenvalue weighted by molar-refractivity contribution is -0.136. The summed E-state index contributed by atoms with van der Waals surface area (Å²) in [6, 6.07) is 5.98. The SMILES string of the molecule is CCCn1nnc2cc(N(CC)CCC(=O)O)ccc21. The molecule has 6 heteroatoms. The van der Waals surface area contributed by atoms with Crippen molar-refractivity contribution in [3.63, 3.8) is 0 Å². The zero-order chi connectivity index (χ0) is 14.5. The number of benzene rings is 1. The molecule has 0 radical (unpaired) electrons. The Morgan fingerprint density at radius 3 is 2.85 bits per heavy atom. The van der Waals surface area contributed by atoms with Crippen LogP contribution in [-0.4, -0.2) is 39.2 Å². The van der Waals surface area contributed by atoms with Crippen molar-refractivity contribution >= 4 is 22.7 Å². The molecule has 0 aliphatic heterocycles. The number of nitrogens with zero attached hydrogens (tertiary/aromatic N) is 4. The molecule has 0 amide bonds. The van der Waals surface area contributed by atoms with E-state index in [1.165, 1.54) is 0 Å². The summed E-state index contributed by atoms with van der Waals surface area (Å²) >= 11 is 0. The van der Waals surface area contributed by atoms with Crippen molar-refractivity contribution in [2.45, 2.75) is 33.2 Å². The molecule has 2 rings (SSSR count). The Bertz CT molecular complexity index is 594. The molecule has 20 heavy (non-hydrogen) atoms. The van der Waals surface area contributed by atoms with Gasteiger partial charge >= 0.3 is 5.97 Å². The highest BCUT2D eigenvalue weighted by Gasteiger charge is 2.10. The normalized spacial score (nSPS) is 10.9. The second-order valence-corrected chi connectivity index (χ2v) is 4.71. The van der Waals surface area contributed by atoms with E-state index in [-0.39, 0.29) is 6.42 Å². The van der Waals surface area contributed by atoms with Gasteiger partial charge in [-0.15, -0.1) is 5.10 Å². The maximum absolute atomic E-state index is 10.7. The fourth-order valence-electron chi connectivity index (χ4n) is 2.23. The van der Waals surface area contributed by atoms with Crippen LogP contribution in [0.25, 0.3) is 11.0 Å². The van der Waals surface area contributed by atoms with Crippen LogP contribution in [0.3, 0.4) is 0 Å². The maximum atomic E-state index is 10.7. The smallest absolute Gasteiger partial charge is 0.305 e. The molecule has 1 aromatic carbocycles. The van der Waals surface area contributed by atoms with Gasteiger partial charge in [-0.3, -0.25) is 4.79 Å². The lowest BCUT2D eigenvalue weighted by Gasteiger charge is -2.22. The monoisotopic (exact) mass is 276 g/mol. The van der Waals surface area contributed by atoms with Gasteiger partial charge < -0.3 is 10.0 Å². The highest BCUT2D eigenvalue weighted by atomic mass is 16.4. The second-order valence-electron chi connectivity index (χ2n) is 4.71. The van der Waals surface area contributed by atoms with Crippen molar-refractivity contribution < 1.29 is 9.90 Å². The van der Waals surface area contributed by atoms with Crippen LogP contribution in [0.1, 0.15) is 26.7 Å². The summed E-state index contributed by atoms with van der Waals surface area (Å²) < 4.78 is 1.90. The van der Waals surface area contributed by atoms with E-state index < -0.39 is 5.97 Å². The molecular weight excluding hydrogens is 256 g/mol. The third-order valence-electron chi connectivity index (χ3n) is 3.28. The molecule has 0 atom stereocenters. The fraction of sp³-hybridized carbons (Fsp3) is 0.500. The lowest BCUT2D eigenvalue weighted by atomic mass is 10.2. The zero-order valence-corrected chi connectivity index (χ0v) is 11.9. The number of aliphatic carboxylic acids is 1. The number of fused-ring (bicyclic) bond motifs is 1. The number of aromatic nitrogens is 3. The minimum Gasteiger partial charge on any atom is -0.481 e. The van der Waals surface area contributed by atoms with E-state index in [0.717, 1.165) is 36.2 Å². The zero-order valence-electron chi connectivity index (χ0n) is 11.9. The predicted octanol–water partition coefficient (Wildman–Crippen LogP) is 2.14. The van der Waals surface area contributed by atoms with Crippen molar-refractivity contribution in [3.8, 4) is 0 Å². The molecule has 1 aromatic heterocycles. The quantitative estimate of drug-likeness (QED) is 0.839. The van der Waals surface area contributed by atoms with Crippen LogP contribution in [0.15, 0.2) is 18.2 Å². The number of anilines is 1. The number of hydrogen-bond acceptors (Lipinski definition) is 4. The minimum atomic E-state index is -0.779. The standard InChI is InChI=1S/C14H20N4O2/c1-3-8-18-13-6-5-11(10-12(13)15-16-18)17(4-2)9-7-14(19)20/h5-6,10H,3-4,7-9H2,1-2H3,(H,19,20). The molecule has 6 nitrogen and oxygen atoms in total. The largest absolute Gasteiger partial charge is 0.481 e. The first kappa shape index (κ1) is 14.3. The molecule has 0 saturated heterocycles. The van der Waals surface area contributed by atoms with Gasteiger partial charge in [0.2, 0.25) is 0 Å². The first-order valence-electron chi connectivity index (χ1n) is 6.95. The van der Waals surface area contributed by atoms with Crippen molar-refractivity contribution in [1.82, 2.24) is 15.0 Å². The number of rotatable bonds is 7. The van der Waals surface area contributed by atoms with E-state index in [0.29, 0.717) is 6.54 Å². The molecular formula is C14H20N4O2. The Morgan fingerprint density at radius 2 is 2.20 bits per heavy atom. The average Bonchev–Trinajstić information content (AvgIpc) is 2.82. The molecule has 1 heterocycles. The molecule has 2 aromatic rings. The van der Waals surface area contributed by atoms with Gasteiger partial charge in [0.05, 0.1) is 11.9 Å². The van der Waals surface area contributed by atoms with E-state index in [4.69, 9.17) is 5.11 Å². The van der Waals surface area contributed by atoms with Crippen LogP contribution in [0.5, 0.6) is 0 Å². The van der Waals surface area contributed by atoms with Crippen LogP contribution in [-0.2, 0) is 11.3 Å². The summed E-state index contributed by atoms with van der Waals surface area (Å²) in [5.74, 6) is -0.779. The second kappa shape index (κ2) is 6.36. The molecule has 0 aliphatic carbocycles. The lowest BCUT2D eigenvalue weighted by Crippen LogP contribution is -2.25. The van der Waals surface area contributed by atoms with Crippen LogP contribution in [0.2, 0.25) is 0 Å². The molecule has 0 spiro atoms. The summed E-state index contributed by atoms with van der Waals surface area (Å²) in [7, 11) is 0. The summed E-state index contributed by atoms with van der Waals surface area (Å²) in [6.45, 7) is 6.24. The third-order valence-corrected chi connectivity index (χ3v) is 3.28. The van der Waals surface area contributed by atoms with Gasteiger partial charge in [0.25, 0.3) is 0 Å². The summed E-state index contributed by atoms with van der Waals surface area (Å²) in [5.41, 5.74) is 2.86. The van der Waals surface area contributed by atoms with Gasteiger partial charge in [0, 0.05) is 25.3 Å². The van der Waals surface area contributed by atoms with Crippen molar-refractivity contribution in [3.05, 3.63) is 18.2 Å². The minimum absolute atomic E-state index is 0.133. The maximum Gasteiger partial charge on any atom is 0.305 e. The molecule has 0 aliphatic rings. The molecule has 0 saturated carbocycles. The van der Waals surface area contributed by atoms with Crippen LogP contribution < -0.4 is 4.90 Å². The van der Waals surface area contributed by atoms with E-state index in [1.807, 2.05) is 34.7 Å². The third kappa shape index (κ3) is 3.07. The number of aryl methyl sites for hydroxylation is 1. The average molecular weight is 276 g/mol. The van der Waals surface area contributed by atoms with Gasteiger partial charge in [0.15, 0.2) is 0 Å². The van der Waals surface area contributed by atoms with E-state index in [1.54, 1.807) is 0 Å². The van der Waals surface area contributed by atoms with Crippen molar-refractivity contribution in [2.24, 2.45) is 0 Å². The number of hydrogen-bond donors (Lipinski definition) is 1. The summed E-state index contributed by atoms with van der Waals surface area (Å²) in [6.07, 6.45) is 1.15. The van der Waals surface area contributed by atoms with Gasteiger partial charge in [0.1, 0.15) is 5.52 Å². The fourth-order valence-corrected chi connectivity index (χ4v) is 2.23. The summed E-state index contributed by atoms with van der Waals surface area (Å²) in [4.78, 5) is 12.7. The highest BCUT2D eigenvalue weighted by molar-refractivity contribution is 5.79. The van der Waals surface area contributed by atoms with Gasteiger partial charge in [-0.25, -0.2) is 4.68 Å². The molecule has 108 valence electrons. The van der Waals surface area contributed by atoms with E-state index in [2.05, 4.69) is 17.2 Å². The van der Waals surface area contributed by atoms with Crippen molar-refractivity contribution in [1.29, 1.82) is 0 Å². The first-order chi connectivity index (χ1) is 9.65. The highest BCUT2D eigenvalue weighted by Crippen LogP contribution is 2.21. The number of carboxylic acid groups (broad SMARTS) is 1. The number of carboxylic acids is 1. The molecule has 1 N–H and O–H groups in total. The number of carbonyl (C=O) groups is 1. The Hall–Kier alpha value is -2.11. The topological polar surface area (TPSA) is 71.2 Å². The summed E-state index contributed by atoms with van der Waals surface area (Å²) in [5, 5.41) is 17.1. The Labute approximate surface area is 118 Å². The Balaban J connectivity index is 2.23. The van der Waals surface area contributed by atoms with Gasteiger partial charge in [-0.1, -0.05) is 12.1 Å². The van der Waals surface area contributed by atoms with Crippen LogP contribution >= 0.6 is 0 Å². The predicted molar refractivity (Wildman–Crippen MR) is 78.0 cm³/mol. The van der Waals surface area contributed by atoms with Crippen LogP contribution in [0.4, 0.5) is 5.69 Å². The van der Waals surface area contributed by atoms with Crippen LogP contribution in [0, 0.1) is 0 Å². The molecule has 0 unspecified atom stereocenters. The van der Waals surface area contributed by atoms with E-state index >= 15 is 0 Å². The molecule has 0 fully saturated rings. The van der Waals surface area contributed by atoms with Gasteiger partial charge in [-0.2, -0.15) is 0 Å².